The SMILES string of the molecule is Cc1ncc(CNS(=O)(=O)c2ccccc2-c2cc(F)c(-c3cnc(N)cn3)c(-n3cnc(C4CCN(S(=O)(=O)c5ccccc5-c5ccc(-c6cnc(N)cn6)c(F)c5)CC4)c3)c2)c(N)n1. The standard InChI is InChI=1S/C46H41F2N13O4S2/c1-27-52-19-31(46(51)59-27)20-58-66(62,63)41-8-4-2-7-33(41)30-17-36(48)45(38-22-56-44(50)24-54-38)40(18-30)60-25-39(57-26-60)28-12-14-61(15-13-28)67(64,65)42-9-5-3-6-32(42)29-10-11-34(35(47)16-29)37-21-55-43(49)23-53-37/h2-11,16-19,21-26,28,58H,12-15,20H2,1H3,(H2,49,55)(H2,50,56)(H2,51,52,59). The average Bonchev–Trinajstić information content (AvgIpc) is 3.82. The molecule has 0 atom stereocenters. The van der Waals surface area contributed by atoms with Gasteiger partial charge in [0.2, 0.25) is 20.0 Å². The first-order valence-electron chi connectivity index (χ1n) is 20.8. The van der Waals surface area contributed by atoms with Crippen molar-refractivity contribution in [1.29, 1.82) is 0 Å². The third kappa shape index (κ3) is 9.04. The topological polar surface area (TPSA) is 257 Å². The highest BCUT2D eigenvalue weighted by atomic mass is 32.2. The molecule has 21 heteroatoms. The first-order chi connectivity index (χ1) is 32.2. The fourth-order valence-corrected chi connectivity index (χ4v) is 10.9. The monoisotopic (exact) mass is 941 g/mol. The van der Waals surface area contributed by atoms with E-state index < -0.39 is 31.7 Å². The average molecular weight is 942 g/mol. The maximum Gasteiger partial charge on any atom is 0.243 e. The van der Waals surface area contributed by atoms with Crippen LogP contribution >= 0.6 is 0 Å². The number of anilines is 3. The van der Waals surface area contributed by atoms with Gasteiger partial charge in [-0.25, -0.2) is 55.3 Å². The van der Waals surface area contributed by atoms with Gasteiger partial charge in [-0.2, -0.15) is 4.31 Å². The first-order valence-corrected chi connectivity index (χ1v) is 23.7. The molecule has 0 bridgehead atoms. The van der Waals surface area contributed by atoms with E-state index in [1.807, 2.05) is 0 Å². The number of aryl methyl sites for hydroxylation is 1. The van der Waals surface area contributed by atoms with Crippen LogP contribution in [-0.2, 0) is 26.6 Å². The summed E-state index contributed by atoms with van der Waals surface area (Å²) in [6.07, 6.45) is 10.9. The molecule has 1 aliphatic rings. The lowest BCUT2D eigenvalue weighted by Gasteiger charge is -2.31. The minimum absolute atomic E-state index is 0.0353. The van der Waals surface area contributed by atoms with E-state index in [9.17, 15) is 16.8 Å². The Bertz CT molecular complexity index is 3390. The highest BCUT2D eigenvalue weighted by Gasteiger charge is 2.33. The fraction of sp³-hybridized carbons (Fsp3) is 0.152. The fourth-order valence-electron chi connectivity index (χ4n) is 8.02. The Kier molecular flexibility index (Phi) is 12.0. The summed E-state index contributed by atoms with van der Waals surface area (Å²) in [6.45, 7) is 1.80. The molecule has 4 aromatic heterocycles. The number of nitrogens with two attached hydrogens (primary N) is 3. The van der Waals surface area contributed by atoms with Crippen LogP contribution in [0.1, 0.15) is 35.8 Å². The first kappa shape index (κ1) is 44.6. The molecule has 1 aliphatic heterocycles. The second-order valence-electron chi connectivity index (χ2n) is 15.7. The van der Waals surface area contributed by atoms with Gasteiger partial charge in [-0.05, 0) is 67.3 Å². The molecule has 0 spiro atoms. The van der Waals surface area contributed by atoms with Crippen molar-refractivity contribution in [2.24, 2.45) is 0 Å². The molecule has 0 radical (unpaired) electrons. The number of hydrogen-bond donors (Lipinski definition) is 4. The van der Waals surface area contributed by atoms with Crippen molar-refractivity contribution in [3.05, 3.63) is 151 Å². The van der Waals surface area contributed by atoms with E-state index in [1.165, 1.54) is 71.9 Å². The summed E-state index contributed by atoms with van der Waals surface area (Å²) in [5.41, 5.74) is 20.6. The molecule has 8 aromatic rings. The van der Waals surface area contributed by atoms with E-state index >= 15 is 8.78 Å². The third-order valence-electron chi connectivity index (χ3n) is 11.4. The number of hydrogen-bond acceptors (Lipinski definition) is 14. The summed E-state index contributed by atoms with van der Waals surface area (Å²) in [5.74, 6) is -0.610. The van der Waals surface area contributed by atoms with Gasteiger partial charge >= 0.3 is 0 Å². The Morgan fingerprint density at radius 2 is 1.33 bits per heavy atom. The number of nitrogens with zero attached hydrogens (tertiary/aromatic N) is 9. The van der Waals surface area contributed by atoms with Gasteiger partial charge in [0.1, 0.15) is 34.9 Å². The van der Waals surface area contributed by atoms with E-state index in [2.05, 4.69) is 34.6 Å². The van der Waals surface area contributed by atoms with Crippen LogP contribution in [0.25, 0.3) is 50.5 Å². The van der Waals surface area contributed by atoms with Crippen LogP contribution in [0.15, 0.2) is 132 Å². The van der Waals surface area contributed by atoms with Gasteiger partial charge in [0, 0.05) is 60.2 Å². The maximum absolute atomic E-state index is 16.6. The number of imidazole rings is 1. The number of nitrogen functional groups attached to an aromatic ring is 3. The summed E-state index contributed by atoms with van der Waals surface area (Å²) in [7, 11) is -8.25. The predicted molar refractivity (Wildman–Crippen MR) is 248 cm³/mol. The summed E-state index contributed by atoms with van der Waals surface area (Å²) in [4.78, 5) is 29.5. The minimum atomic E-state index is -4.20. The Morgan fingerprint density at radius 1 is 0.687 bits per heavy atom. The minimum Gasteiger partial charge on any atom is -0.383 e. The molecule has 0 aliphatic carbocycles. The van der Waals surface area contributed by atoms with Crippen molar-refractivity contribution in [2.45, 2.75) is 42.0 Å². The largest absolute Gasteiger partial charge is 0.383 e. The van der Waals surface area contributed by atoms with E-state index in [-0.39, 0.29) is 92.1 Å². The van der Waals surface area contributed by atoms with E-state index in [4.69, 9.17) is 22.2 Å². The summed E-state index contributed by atoms with van der Waals surface area (Å²) >= 11 is 0. The number of piperidine rings is 1. The second kappa shape index (κ2) is 18.0. The molecule has 5 heterocycles. The Hall–Kier alpha value is -7.59. The van der Waals surface area contributed by atoms with Crippen LogP contribution in [0.2, 0.25) is 0 Å². The van der Waals surface area contributed by atoms with Gasteiger partial charge in [-0.15, -0.1) is 0 Å². The van der Waals surface area contributed by atoms with Gasteiger partial charge in [0.25, 0.3) is 0 Å². The Balaban J connectivity index is 0.984. The van der Waals surface area contributed by atoms with E-state index in [0.29, 0.717) is 41.1 Å². The summed E-state index contributed by atoms with van der Waals surface area (Å²) in [5, 5.41) is 0. The highest BCUT2D eigenvalue weighted by molar-refractivity contribution is 7.89. The smallest absolute Gasteiger partial charge is 0.243 e. The quantitative estimate of drug-likeness (QED) is 0.105. The maximum atomic E-state index is 16.6. The molecule has 1 saturated heterocycles. The van der Waals surface area contributed by atoms with Gasteiger partial charge < -0.3 is 21.8 Å². The van der Waals surface area contributed by atoms with Gasteiger partial charge in [0.15, 0.2) is 0 Å². The number of sulfonamides is 2. The third-order valence-corrected chi connectivity index (χ3v) is 14.9. The number of aromatic nitrogens is 8. The molecule has 9 rings (SSSR count). The molecular formula is C46H41F2N13O4S2. The molecule has 17 nitrogen and oxygen atoms in total. The van der Waals surface area contributed by atoms with Crippen molar-refractivity contribution in [1.82, 2.24) is 48.5 Å². The van der Waals surface area contributed by atoms with Crippen molar-refractivity contribution in [3.63, 3.8) is 0 Å². The van der Waals surface area contributed by atoms with Crippen LogP contribution in [-0.4, -0.2) is 73.7 Å². The van der Waals surface area contributed by atoms with Gasteiger partial charge in [0.05, 0.1) is 69.2 Å². The summed E-state index contributed by atoms with van der Waals surface area (Å²) < 4.78 is 94.0. The van der Waals surface area contributed by atoms with Crippen molar-refractivity contribution in [2.75, 3.05) is 30.3 Å². The molecule has 7 N–H and O–H groups in total. The lowest BCUT2D eigenvalue weighted by Crippen LogP contribution is -2.38. The van der Waals surface area contributed by atoms with Crippen molar-refractivity contribution < 1.29 is 25.6 Å². The van der Waals surface area contributed by atoms with Crippen LogP contribution in [0, 0.1) is 18.6 Å². The lowest BCUT2D eigenvalue weighted by molar-refractivity contribution is 0.317. The van der Waals surface area contributed by atoms with Gasteiger partial charge in [-0.3, -0.25) is 9.97 Å². The molecule has 1 fully saturated rings. The zero-order chi connectivity index (χ0) is 47.0. The second-order valence-corrected chi connectivity index (χ2v) is 19.4. The summed E-state index contributed by atoms with van der Waals surface area (Å²) in [6, 6.07) is 20.0. The number of nitrogens with one attached hydrogen (secondary N) is 1. The van der Waals surface area contributed by atoms with Crippen molar-refractivity contribution in [3.8, 4) is 50.5 Å². The van der Waals surface area contributed by atoms with Crippen LogP contribution in [0.5, 0.6) is 0 Å². The molecule has 0 amide bonds. The predicted octanol–water partition coefficient (Wildman–Crippen LogP) is 6.29. The highest BCUT2D eigenvalue weighted by Crippen LogP contribution is 2.39. The normalized spacial score (nSPS) is 13.8. The lowest BCUT2D eigenvalue weighted by atomic mass is 9.95. The molecular weight excluding hydrogens is 901 g/mol. The molecule has 340 valence electrons. The van der Waals surface area contributed by atoms with Crippen molar-refractivity contribution >= 4 is 37.5 Å². The molecule has 4 aromatic carbocycles. The Labute approximate surface area is 384 Å². The Morgan fingerprint density at radius 3 is 1.99 bits per heavy atom. The molecule has 0 saturated carbocycles. The van der Waals surface area contributed by atoms with E-state index in [0.717, 1.165) is 0 Å². The van der Waals surface area contributed by atoms with Crippen LogP contribution in [0.4, 0.5) is 26.2 Å². The molecule has 0 unspecified atom stereocenters. The number of benzene rings is 4. The van der Waals surface area contributed by atoms with Crippen LogP contribution in [0.3, 0.4) is 0 Å². The van der Waals surface area contributed by atoms with Crippen LogP contribution < -0.4 is 21.9 Å². The van der Waals surface area contributed by atoms with E-state index in [1.54, 1.807) is 66.2 Å². The zero-order valence-electron chi connectivity index (χ0n) is 35.6. The number of rotatable bonds is 12. The van der Waals surface area contributed by atoms with Gasteiger partial charge in [-0.1, -0.05) is 42.5 Å². The number of halogens is 2. The molecule has 67 heavy (non-hydrogen) atoms. The zero-order valence-corrected chi connectivity index (χ0v) is 37.3.